The van der Waals surface area contributed by atoms with Crippen LogP contribution in [0.4, 0.5) is 5.69 Å². The number of rotatable bonds is 5. The van der Waals surface area contributed by atoms with Gasteiger partial charge < -0.3 is 11.2 Å². The number of anilines is 1. The summed E-state index contributed by atoms with van der Waals surface area (Å²) < 4.78 is 1.45. The van der Waals surface area contributed by atoms with Crippen LogP contribution < -0.4 is 11.2 Å². The maximum atomic E-state index is 12.2. The van der Waals surface area contributed by atoms with Crippen molar-refractivity contribution in [2.75, 3.05) is 11.2 Å². The molecule has 0 radical (unpaired) electrons. The van der Waals surface area contributed by atoms with Crippen molar-refractivity contribution in [1.82, 2.24) is 14.9 Å². The third-order valence-electron chi connectivity index (χ3n) is 3.18. The molecule has 0 bridgehead atoms. The average molecular weight is 319 g/mol. The summed E-state index contributed by atoms with van der Waals surface area (Å²) in [6.45, 7) is 7.81. The first-order valence-electron chi connectivity index (χ1n) is 7.13. The van der Waals surface area contributed by atoms with E-state index in [-0.39, 0.29) is 17.1 Å². The molecule has 2 aromatic rings. The standard InChI is InChI=1S/C15H21N5OS/c1-9(2)13-18-19-15(20(13)16)22-11(4)14(21)17-12-7-5-10(3)6-8-12/h5-9,11H,16H2,1-4H3,(H,17,21)/t11-/m0/s1. The minimum atomic E-state index is -0.326. The lowest BCUT2D eigenvalue weighted by molar-refractivity contribution is -0.115. The van der Waals surface area contributed by atoms with Crippen LogP contribution in [0.1, 0.15) is 38.1 Å². The van der Waals surface area contributed by atoms with Crippen LogP contribution in [-0.2, 0) is 4.79 Å². The molecular weight excluding hydrogens is 298 g/mol. The van der Waals surface area contributed by atoms with Gasteiger partial charge in [0.15, 0.2) is 5.82 Å². The van der Waals surface area contributed by atoms with E-state index in [0.29, 0.717) is 11.0 Å². The van der Waals surface area contributed by atoms with Gasteiger partial charge in [0.25, 0.3) is 0 Å². The summed E-state index contributed by atoms with van der Waals surface area (Å²) >= 11 is 1.29. The van der Waals surface area contributed by atoms with Gasteiger partial charge in [-0.1, -0.05) is 43.3 Å². The predicted molar refractivity (Wildman–Crippen MR) is 89.4 cm³/mol. The van der Waals surface area contributed by atoms with Gasteiger partial charge in [-0.3, -0.25) is 4.79 Å². The van der Waals surface area contributed by atoms with E-state index < -0.39 is 0 Å². The van der Waals surface area contributed by atoms with E-state index in [1.807, 2.05) is 52.0 Å². The first kappa shape index (κ1) is 16.4. The number of nitrogens with two attached hydrogens (primary N) is 1. The van der Waals surface area contributed by atoms with Gasteiger partial charge in [-0.25, -0.2) is 4.68 Å². The molecule has 1 aromatic carbocycles. The highest BCUT2D eigenvalue weighted by Gasteiger charge is 2.20. The van der Waals surface area contributed by atoms with Crippen molar-refractivity contribution < 1.29 is 4.79 Å². The largest absolute Gasteiger partial charge is 0.336 e. The Hall–Kier alpha value is -2.02. The van der Waals surface area contributed by atoms with Gasteiger partial charge in [-0.15, -0.1) is 10.2 Å². The zero-order valence-electron chi connectivity index (χ0n) is 13.2. The van der Waals surface area contributed by atoms with Gasteiger partial charge in [0, 0.05) is 11.6 Å². The molecule has 0 saturated heterocycles. The summed E-state index contributed by atoms with van der Waals surface area (Å²) in [5.74, 6) is 6.75. The number of benzene rings is 1. The van der Waals surface area contributed by atoms with Crippen molar-refractivity contribution in [2.24, 2.45) is 0 Å². The lowest BCUT2D eigenvalue weighted by atomic mass is 10.2. The second-order valence-corrected chi connectivity index (χ2v) is 6.79. The van der Waals surface area contributed by atoms with E-state index >= 15 is 0 Å². The summed E-state index contributed by atoms with van der Waals surface area (Å²) in [7, 11) is 0. The van der Waals surface area contributed by atoms with Crippen LogP contribution in [-0.4, -0.2) is 26.0 Å². The molecule has 0 aliphatic carbocycles. The summed E-state index contributed by atoms with van der Waals surface area (Å²) in [4.78, 5) is 12.2. The smallest absolute Gasteiger partial charge is 0.237 e. The number of thioether (sulfide) groups is 1. The van der Waals surface area contributed by atoms with E-state index in [0.717, 1.165) is 11.3 Å². The molecule has 1 aromatic heterocycles. The monoisotopic (exact) mass is 319 g/mol. The summed E-state index contributed by atoms with van der Waals surface area (Å²) in [5.41, 5.74) is 1.93. The Morgan fingerprint density at radius 2 is 1.86 bits per heavy atom. The molecule has 2 rings (SSSR count). The van der Waals surface area contributed by atoms with Gasteiger partial charge in [0.05, 0.1) is 5.25 Å². The van der Waals surface area contributed by atoms with E-state index in [4.69, 9.17) is 5.84 Å². The van der Waals surface area contributed by atoms with Crippen molar-refractivity contribution in [2.45, 2.75) is 44.0 Å². The van der Waals surface area contributed by atoms with Crippen LogP contribution in [0.15, 0.2) is 29.4 Å². The van der Waals surface area contributed by atoms with Gasteiger partial charge in [0.1, 0.15) is 0 Å². The molecule has 0 fully saturated rings. The van der Waals surface area contributed by atoms with Crippen LogP contribution in [0.25, 0.3) is 0 Å². The maximum Gasteiger partial charge on any atom is 0.237 e. The Labute approximate surface area is 134 Å². The molecule has 1 atom stereocenters. The molecule has 1 amide bonds. The van der Waals surface area contributed by atoms with E-state index in [2.05, 4.69) is 15.5 Å². The molecule has 0 aliphatic rings. The molecule has 6 nitrogen and oxygen atoms in total. The van der Waals surface area contributed by atoms with Crippen LogP contribution in [0.5, 0.6) is 0 Å². The zero-order chi connectivity index (χ0) is 16.3. The Balaban J connectivity index is 2.01. The highest BCUT2D eigenvalue weighted by atomic mass is 32.2. The van der Waals surface area contributed by atoms with Crippen LogP contribution in [0.3, 0.4) is 0 Å². The first-order valence-corrected chi connectivity index (χ1v) is 8.01. The molecule has 0 aliphatic heterocycles. The van der Waals surface area contributed by atoms with Crippen molar-refractivity contribution in [3.8, 4) is 0 Å². The number of amides is 1. The molecule has 118 valence electrons. The normalized spacial score (nSPS) is 12.4. The van der Waals surface area contributed by atoms with Crippen molar-refractivity contribution in [3.63, 3.8) is 0 Å². The molecule has 3 N–H and O–H groups in total. The van der Waals surface area contributed by atoms with Crippen LogP contribution >= 0.6 is 11.8 Å². The number of nitrogen functional groups attached to an aromatic ring is 1. The van der Waals surface area contributed by atoms with Crippen LogP contribution in [0, 0.1) is 6.92 Å². The second kappa shape index (κ2) is 6.83. The topological polar surface area (TPSA) is 85.8 Å². The first-order chi connectivity index (χ1) is 10.4. The third-order valence-corrected chi connectivity index (χ3v) is 4.23. The quantitative estimate of drug-likeness (QED) is 0.653. The summed E-state index contributed by atoms with van der Waals surface area (Å²) in [6, 6.07) is 7.68. The van der Waals surface area contributed by atoms with Crippen molar-refractivity contribution >= 4 is 23.4 Å². The minimum absolute atomic E-state index is 0.0945. The maximum absolute atomic E-state index is 12.2. The lowest BCUT2D eigenvalue weighted by Gasteiger charge is -2.12. The van der Waals surface area contributed by atoms with Crippen molar-refractivity contribution in [3.05, 3.63) is 35.7 Å². The third kappa shape index (κ3) is 3.79. The number of aromatic nitrogens is 3. The fourth-order valence-electron chi connectivity index (χ4n) is 1.85. The Bertz CT molecular complexity index is 650. The fraction of sp³-hybridized carbons (Fsp3) is 0.400. The van der Waals surface area contributed by atoms with Gasteiger partial charge in [-0.2, -0.15) is 0 Å². The fourth-order valence-corrected chi connectivity index (χ4v) is 2.63. The number of carbonyl (C=O) groups excluding carboxylic acids is 1. The molecular formula is C15H21N5OS. The number of carbonyl (C=O) groups is 1. The van der Waals surface area contributed by atoms with Gasteiger partial charge in [-0.05, 0) is 26.0 Å². The molecule has 7 heteroatoms. The van der Waals surface area contributed by atoms with E-state index in [9.17, 15) is 4.79 Å². The SMILES string of the molecule is Cc1ccc(NC(=O)[C@H](C)Sc2nnc(C(C)C)n2N)cc1. The van der Waals surface area contributed by atoms with Gasteiger partial charge in [0.2, 0.25) is 11.1 Å². The molecule has 0 unspecified atom stereocenters. The molecule has 22 heavy (non-hydrogen) atoms. The number of hydrogen-bond donors (Lipinski definition) is 2. The Morgan fingerprint density at radius 1 is 1.23 bits per heavy atom. The average Bonchev–Trinajstić information content (AvgIpc) is 2.82. The molecule has 1 heterocycles. The number of nitrogens with one attached hydrogen (secondary N) is 1. The molecule has 0 saturated carbocycles. The van der Waals surface area contributed by atoms with Crippen LogP contribution in [0.2, 0.25) is 0 Å². The predicted octanol–water partition coefficient (Wildman–Crippen LogP) is 2.54. The Kier molecular flexibility index (Phi) is 5.07. The minimum Gasteiger partial charge on any atom is -0.336 e. The number of aryl methyl sites for hydroxylation is 1. The Morgan fingerprint density at radius 3 is 2.41 bits per heavy atom. The lowest BCUT2D eigenvalue weighted by Crippen LogP contribution is -2.24. The molecule has 0 spiro atoms. The number of hydrogen-bond acceptors (Lipinski definition) is 5. The summed E-state index contributed by atoms with van der Waals surface area (Å²) in [6.07, 6.45) is 0. The zero-order valence-corrected chi connectivity index (χ0v) is 14.0. The number of nitrogens with zero attached hydrogens (tertiary/aromatic N) is 3. The summed E-state index contributed by atoms with van der Waals surface area (Å²) in [5, 5.41) is 11.2. The highest BCUT2D eigenvalue weighted by molar-refractivity contribution is 8.00. The highest BCUT2D eigenvalue weighted by Crippen LogP contribution is 2.23. The van der Waals surface area contributed by atoms with E-state index in [1.54, 1.807) is 0 Å². The van der Waals surface area contributed by atoms with Crippen molar-refractivity contribution in [1.29, 1.82) is 0 Å². The van der Waals surface area contributed by atoms with Gasteiger partial charge >= 0.3 is 0 Å². The van der Waals surface area contributed by atoms with E-state index in [1.165, 1.54) is 16.4 Å². The second-order valence-electron chi connectivity index (χ2n) is 5.48.